The lowest BCUT2D eigenvalue weighted by molar-refractivity contribution is -0.130. The summed E-state index contributed by atoms with van der Waals surface area (Å²) in [6, 6.07) is 16.4. The molecule has 2 amide bonds. The molecule has 7 heteroatoms. The molecule has 0 aliphatic rings. The summed E-state index contributed by atoms with van der Waals surface area (Å²) in [5.74, 6) is 0.204. The number of nitrogens with zero attached hydrogens (tertiary/aromatic N) is 2. The first-order valence-electron chi connectivity index (χ1n) is 9.48. The van der Waals surface area contributed by atoms with Crippen LogP contribution in [0.5, 0.6) is 11.5 Å². The van der Waals surface area contributed by atoms with Crippen LogP contribution in [0, 0.1) is 11.3 Å². The average Bonchev–Trinajstić information content (AvgIpc) is 2.75. The molecular formula is C23H25N3O4. The number of nitrogens with one attached hydrogen (secondary N) is 1. The lowest BCUT2D eigenvalue weighted by atomic mass is 10.1. The third-order valence-electron chi connectivity index (χ3n) is 4.09. The third-order valence-corrected chi connectivity index (χ3v) is 4.09. The van der Waals surface area contributed by atoms with Crippen molar-refractivity contribution in [2.24, 2.45) is 0 Å². The molecule has 0 saturated carbocycles. The van der Waals surface area contributed by atoms with Crippen molar-refractivity contribution < 1.29 is 19.1 Å². The molecule has 0 unspecified atom stereocenters. The minimum absolute atomic E-state index is 0.0233. The Morgan fingerprint density at radius 2 is 1.83 bits per heavy atom. The molecular weight excluding hydrogens is 382 g/mol. The molecule has 0 radical (unpaired) electrons. The van der Waals surface area contributed by atoms with E-state index in [1.807, 2.05) is 43.3 Å². The van der Waals surface area contributed by atoms with Crippen LogP contribution >= 0.6 is 0 Å². The molecule has 0 bridgehead atoms. The predicted octanol–water partition coefficient (Wildman–Crippen LogP) is 2.78. The Morgan fingerprint density at radius 1 is 1.10 bits per heavy atom. The minimum atomic E-state index is -0.462. The lowest BCUT2D eigenvalue weighted by Crippen LogP contribution is -2.27. The molecule has 0 aliphatic heterocycles. The summed E-state index contributed by atoms with van der Waals surface area (Å²) in [5, 5.41) is 12.1. The second-order valence-electron chi connectivity index (χ2n) is 6.55. The van der Waals surface area contributed by atoms with E-state index >= 15 is 0 Å². The first-order chi connectivity index (χ1) is 14.4. The van der Waals surface area contributed by atoms with Gasteiger partial charge >= 0.3 is 0 Å². The highest BCUT2D eigenvalue weighted by atomic mass is 16.5. The van der Waals surface area contributed by atoms with Gasteiger partial charge in [0.15, 0.2) is 18.1 Å². The zero-order chi connectivity index (χ0) is 21.9. The molecule has 0 fully saturated rings. The number of carbonyl (C=O) groups is 2. The monoisotopic (exact) mass is 407 g/mol. The number of benzene rings is 2. The summed E-state index contributed by atoms with van der Waals surface area (Å²) in [7, 11) is 3.30. The highest BCUT2D eigenvalue weighted by molar-refractivity contribution is 6.01. The van der Waals surface area contributed by atoms with Crippen molar-refractivity contribution in [3.05, 3.63) is 65.2 Å². The van der Waals surface area contributed by atoms with Crippen LogP contribution in [0.2, 0.25) is 0 Å². The van der Waals surface area contributed by atoms with E-state index in [2.05, 4.69) is 5.32 Å². The maximum atomic E-state index is 12.4. The molecule has 156 valence electrons. The van der Waals surface area contributed by atoms with Gasteiger partial charge in [0.05, 0.1) is 6.61 Å². The summed E-state index contributed by atoms with van der Waals surface area (Å²) >= 11 is 0. The molecule has 2 aromatic carbocycles. The maximum Gasteiger partial charge on any atom is 0.262 e. The Balaban J connectivity index is 2.14. The van der Waals surface area contributed by atoms with Crippen LogP contribution < -0.4 is 14.8 Å². The van der Waals surface area contributed by atoms with Crippen LogP contribution in [0.4, 0.5) is 0 Å². The molecule has 0 aliphatic carbocycles. The van der Waals surface area contributed by atoms with Gasteiger partial charge in [0, 0.05) is 20.6 Å². The second-order valence-corrected chi connectivity index (χ2v) is 6.55. The topological polar surface area (TPSA) is 91.7 Å². The van der Waals surface area contributed by atoms with Crippen LogP contribution in [0.25, 0.3) is 6.08 Å². The van der Waals surface area contributed by atoms with Crippen LogP contribution in [0.15, 0.2) is 54.1 Å². The first-order valence-corrected chi connectivity index (χ1v) is 9.48. The van der Waals surface area contributed by atoms with E-state index in [4.69, 9.17) is 9.47 Å². The Labute approximate surface area is 176 Å². The van der Waals surface area contributed by atoms with E-state index in [1.165, 1.54) is 11.0 Å². The average molecular weight is 407 g/mol. The number of rotatable bonds is 9. The highest BCUT2D eigenvalue weighted by Gasteiger charge is 2.12. The summed E-state index contributed by atoms with van der Waals surface area (Å²) in [4.78, 5) is 25.6. The zero-order valence-corrected chi connectivity index (χ0v) is 17.3. The summed E-state index contributed by atoms with van der Waals surface area (Å²) in [5.41, 5.74) is 1.52. The quantitative estimate of drug-likeness (QED) is 0.510. The Morgan fingerprint density at radius 3 is 2.47 bits per heavy atom. The smallest absolute Gasteiger partial charge is 0.262 e. The molecule has 0 spiro atoms. The minimum Gasteiger partial charge on any atom is -0.490 e. The summed E-state index contributed by atoms with van der Waals surface area (Å²) in [6.45, 7) is 2.44. The number of hydrogen-bond donors (Lipinski definition) is 1. The van der Waals surface area contributed by atoms with Crippen molar-refractivity contribution >= 4 is 17.9 Å². The van der Waals surface area contributed by atoms with Gasteiger partial charge in [0.2, 0.25) is 0 Å². The van der Waals surface area contributed by atoms with Crippen LogP contribution in [-0.2, 0) is 16.1 Å². The summed E-state index contributed by atoms with van der Waals surface area (Å²) < 4.78 is 11.1. The molecule has 1 N–H and O–H groups in total. The zero-order valence-electron chi connectivity index (χ0n) is 17.3. The van der Waals surface area contributed by atoms with E-state index in [9.17, 15) is 14.9 Å². The van der Waals surface area contributed by atoms with E-state index < -0.39 is 5.91 Å². The van der Waals surface area contributed by atoms with E-state index in [0.717, 1.165) is 5.56 Å². The van der Waals surface area contributed by atoms with Crippen molar-refractivity contribution in [3.63, 3.8) is 0 Å². The van der Waals surface area contributed by atoms with Gasteiger partial charge in [0.1, 0.15) is 11.6 Å². The highest BCUT2D eigenvalue weighted by Crippen LogP contribution is 2.29. The van der Waals surface area contributed by atoms with Crippen molar-refractivity contribution in [2.45, 2.75) is 13.5 Å². The molecule has 0 aromatic heterocycles. The third kappa shape index (κ3) is 6.67. The van der Waals surface area contributed by atoms with Gasteiger partial charge < -0.3 is 19.7 Å². The van der Waals surface area contributed by atoms with E-state index in [1.54, 1.807) is 32.3 Å². The Bertz CT molecular complexity index is 947. The number of hydrogen-bond acceptors (Lipinski definition) is 5. The molecule has 0 heterocycles. The van der Waals surface area contributed by atoms with E-state index in [-0.39, 0.29) is 18.1 Å². The van der Waals surface area contributed by atoms with Crippen molar-refractivity contribution in [3.8, 4) is 17.6 Å². The number of carbonyl (C=O) groups excluding carboxylic acids is 2. The van der Waals surface area contributed by atoms with Gasteiger partial charge in [0.25, 0.3) is 11.8 Å². The van der Waals surface area contributed by atoms with Crippen molar-refractivity contribution in [1.29, 1.82) is 5.26 Å². The van der Waals surface area contributed by atoms with Gasteiger partial charge in [-0.3, -0.25) is 9.59 Å². The fourth-order valence-electron chi connectivity index (χ4n) is 2.46. The van der Waals surface area contributed by atoms with Gasteiger partial charge in [-0.15, -0.1) is 0 Å². The number of nitriles is 1. The summed E-state index contributed by atoms with van der Waals surface area (Å²) in [6.07, 6.45) is 1.48. The molecule has 2 aromatic rings. The van der Waals surface area contributed by atoms with Gasteiger partial charge in [-0.05, 0) is 36.3 Å². The molecule has 2 rings (SSSR count). The van der Waals surface area contributed by atoms with E-state index in [0.29, 0.717) is 30.2 Å². The van der Waals surface area contributed by atoms with Crippen LogP contribution in [0.1, 0.15) is 18.1 Å². The van der Waals surface area contributed by atoms with Crippen LogP contribution in [0.3, 0.4) is 0 Å². The van der Waals surface area contributed by atoms with Crippen LogP contribution in [-0.4, -0.2) is 44.0 Å². The van der Waals surface area contributed by atoms with Gasteiger partial charge in [-0.1, -0.05) is 36.4 Å². The largest absolute Gasteiger partial charge is 0.490 e. The van der Waals surface area contributed by atoms with Crippen molar-refractivity contribution in [1.82, 2.24) is 10.2 Å². The number of amides is 2. The molecule has 0 saturated heterocycles. The number of ether oxygens (including phenoxy) is 2. The standard InChI is InChI=1S/C23H25N3O4/c1-4-29-21-13-18(10-11-20(21)30-16-22(27)26(2)3)12-19(14-24)23(28)25-15-17-8-6-5-7-9-17/h5-13H,4,15-16H2,1-3H3,(H,25,28)/b19-12+. The normalized spacial score (nSPS) is 10.7. The second kappa shape index (κ2) is 11.3. The predicted molar refractivity (Wildman–Crippen MR) is 114 cm³/mol. The molecule has 7 nitrogen and oxygen atoms in total. The van der Waals surface area contributed by atoms with Gasteiger partial charge in [-0.25, -0.2) is 0 Å². The molecule has 0 atom stereocenters. The Hall–Kier alpha value is -3.79. The Kier molecular flexibility index (Phi) is 8.45. The fourth-order valence-corrected chi connectivity index (χ4v) is 2.46. The SMILES string of the molecule is CCOc1cc(/C=C(\C#N)C(=O)NCc2ccccc2)ccc1OCC(=O)N(C)C. The van der Waals surface area contributed by atoms with Gasteiger partial charge in [-0.2, -0.15) is 5.26 Å². The lowest BCUT2D eigenvalue weighted by Gasteiger charge is -2.14. The first kappa shape index (κ1) is 22.5. The fraction of sp³-hybridized carbons (Fsp3) is 0.261. The molecule has 30 heavy (non-hydrogen) atoms. The van der Waals surface area contributed by atoms with Crippen molar-refractivity contribution in [2.75, 3.05) is 27.3 Å². The number of likely N-dealkylation sites (N-methyl/N-ethyl adjacent to an activating group) is 1. The maximum absolute atomic E-state index is 12.4.